The topological polar surface area (TPSA) is 47.6 Å². The van der Waals surface area contributed by atoms with Crippen molar-refractivity contribution in [1.29, 1.82) is 10.5 Å². The molecule has 52 valence electrons. The van der Waals surface area contributed by atoms with Crippen LogP contribution in [0.2, 0.25) is 0 Å². The molecule has 0 aromatic rings. The smallest absolute Gasteiger partial charge is 0.146 e. The van der Waals surface area contributed by atoms with E-state index >= 15 is 0 Å². The van der Waals surface area contributed by atoms with E-state index in [1.54, 1.807) is 0 Å². The van der Waals surface area contributed by atoms with E-state index in [4.69, 9.17) is 10.5 Å². The third-order valence-electron chi connectivity index (χ3n) is 2.45. The van der Waals surface area contributed by atoms with Gasteiger partial charge in [0.25, 0.3) is 0 Å². The molecule has 1 atom stereocenters. The van der Waals surface area contributed by atoms with Crippen LogP contribution in [-0.4, -0.2) is 0 Å². The van der Waals surface area contributed by atoms with E-state index in [1.807, 2.05) is 6.92 Å². The van der Waals surface area contributed by atoms with Gasteiger partial charge in [0.05, 0.1) is 12.1 Å². The number of hydrogen-bond acceptors (Lipinski definition) is 2. The maximum Gasteiger partial charge on any atom is 0.146 e. The molecule has 0 radical (unpaired) electrons. The van der Waals surface area contributed by atoms with Crippen molar-refractivity contribution in [1.82, 2.24) is 0 Å². The lowest BCUT2D eigenvalue weighted by molar-refractivity contribution is 0.406. The average molecular weight is 134 g/mol. The summed E-state index contributed by atoms with van der Waals surface area (Å²) in [5.74, 6) is 0.266. The molecule has 1 unspecified atom stereocenters. The normalized spacial score (nSPS) is 28.9. The summed E-state index contributed by atoms with van der Waals surface area (Å²) in [6.45, 7) is 1.99. The van der Waals surface area contributed by atoms with Crippen LogP contribution in [0.5, 0.6) is 0 Å². The van der Waals surface area contributed by atoms with Gasteiger partial charge < -0.3 is 0 Å². The lowest BCUT2D eigenvalue weighted by atomic mass is 9.82. The van der Waals surface area contributed by atoms with E-state index in [2.05, 4.69) is 12.1 Å². The molecule has 0 saturated heterocycles. The molecule has 10 heavy (non-hydrogen) atoms. The second-order valence-electron chi connectivity index (χ2n) is 2.99. The van der Waals surface area contributed by atoms with Crippen molar-refractivity contribution in [3.8, 4) is 12.1 Å². The van der Waals surface area contributed by atoms with Crippen molar-refractivity contribution in [3.05, 3.63) is 0 Å². The molecular formula is C8H10N2. The first-order valence-corrected chi connectivity index (χ1v) is 3.58. The predicted molar refractivity (Wildman–Crippen MR) is 36.7 cm³/mol. The third-order valence-corrected chi connectivity index (χ3v) is 2.45. The highest BCUT2D eigenvalue weighted by molar-refractivity contribution is 5.17. The van der Waals surface area contributed by atoms with Crippen LogP contribution in [-0.2, 0) is 0 Å². The van der Waals surface area contributed by atoms with Gasteiger partial charge in [-0.2, -0.15) is 10.5 Å². The van der Waals surface area contributed by atoms with Gasteiger partial charge in [-0.1, -0.05) is 13.3 Å². The second-order valence-corrected chi connectivity index (χ2v) is 2.99. The van der Waals surface area contributed by atoms with E-state index < -0.39 is 5.41 Å². The fourth-order valence-corrected chi connectivity index (χ4v) is 1.54. The summed E-state index contributed by atoms with van der Waals surface area (Å²) in [4.78, 5) is 0. The van der Waals surface area contributed by atoms with E-state index in [0.717, 1.165) is 19.3 Å². The van der Waals surface area contributed by atoms with Gasteiger partial charge in [0.2, 0.25) is 0 Å². The quantitative estimate of drug-likeness (QED) is 0.507. The zero-order valence-electron chi connectivity index (χ0n) is 6.09. The zero-order chi connectivity index (χ0) is 7.61. The summed E-state index contributed by atoms with van der Waals surface area (Å²) in [6, 6.07) is 4.23. The monoisotopic (exact) mass is 134 g/mol. The predicted octanol–water partition coefficient (Wildman–Crippen LogP) is 1.84. The molecule has 1 aliphatic carbocycles. The van der Waals surface area contributed by atoms with Crippen LogP contribution < -0.4 is 0 Å². The Morgan fingerprint density at radius 3 is 2.20 bits per heavy atom. The van der Waals surface area contributed by atoms with Crippen molar-refractivity contribution < 1.29 is 0 Å². The summed E-state index contributed by atoms with van der Waals surface area (Å²) in [6.07, 6.45) is 2.82. The Kier molecular flexibility index (Phi) is 1.64. The molecule has 1 aliphatic rings. The van der Waals surface area contributed by atoms with E-state index in [0.29, 0.717) is 0 Å². The highest BCUT2D eigenvalue weighted by Gasteiger charge is 2.40. The molecule has 0 aromatic heterocycles. The molecule has 0 aromatic carbocycles. The summed E-state index contributed by atoms with van der Waals surface area (Å²) >= 11 is 0. The summed E-state index contributed by atoms with van der Waals surface area (Å²) in [5, 5.41) is 17.4. The fourth-order valence-electron chi connectivity index (χ4n) is 1.54. The molecule has 2 nitrogen and oxygen atoms in total. The van der Waals surface area contributed by atoms with Crippen LogP contribution in [0.3, 0.4) is 0 Å². The minimum Gasteiger partial charge on any atom is -0.197 e. The SMILES string of the molecule is CC1CCCC1(C#N)C#N. The molecule has 0 amide bonds. The van der Waals surface area contributed by atoms with E-state index in [9.17, 15) is 0 Å². The molecule has 2 heteroatoms. The summed E-state index contributed by atoms with van der Waals surface area (Å²) in [5.41, 5.74) is -0.653. The Morgan fingerprint density at radius 2 is 2.00 bits per heavy atom. The molecule has 0 aliphatic heterocycles. The highest BCUT2D eigenvalue weighted by Crippen LogP contribution is 2.41. The molecule has 1 rings (SSSR count). The second kappa shape index (κ2) is 2.31. The average Bonchev–Trinajstić information content (AvgIpc) is 2.32. The molecule has 1 fully saturated rings. The molecule has 0 spiro atoms. The van der Waals surface area contributed by atoms with Crippen molar-refractivity contribution >= 4 is 0 Å². The van der Waals surface area contributed by atoms with Gasteiger partial charge in [0, 0.05) is 0 Å². The maximum absolute atomic E-state index is 8.71. The minimum atomic E-state index is -0.653. The Morgan fingerprint density at radius 1 is 1.40 bits per heavy atom. The third kappa shape index (κ3) is 0.772. The van der Waals surface area contributed by atoms with Crippen LogP contribution >= 0.6 is 0 Å². The van der Waals surface area contributed by atoms with Crippen LogP contribution in [0.15, 0.2) is 0 Å². The number of hydrogen-bond donors (Lipinski definition) is 0. The Balaban J connectivity index is 2.87. The zero-order valence-corrected chi connectivity index (χ0v) is 6.09. The number of nitrogens with zero attached hydrogens (tertiary/aromatic N) is 2. The van der Waals surface area contributed by atoms with Crippen LogP contribution in [0.4, 0.5) is 0 Å². The van der Waals surface area contributed by atoms with E-state index in [1.165, 1.54) is 0 Å². The lowest BCUT2D eigenvalue weighted by Gasteiger charge is -2.15. The highest BCUT2D eigenvalue weighted by atomic mass is 14.5. The largest absolute Gasteiger partial charge is 0.197 e. The molecule has 0 N–H and O–H groups in total. The van der Waals surface area contributed by atoms with Crippen LogP contribution in [0, 0.1) is 34.0 Å². The Bertz CT molecular complexity index is 192. The first-order valence-electron chi connectivity index (χ1n) is 3.58. The van der Waals surface area contributed by atoms with Gasteiger partial charge >= 0.3 is 0 Å². The van der Waals surface area contributed by atoms with Crippen molar-refractivity contribution in [2.75, 3.05) is 0 Å². The van der Waals surface area contributed by atoms with Gasteiger partial charge in [-0.25, -0.2) is 0 Å². The van der Waals surface area contributed by atoms with Crippen LogP contribution in [0.1, 0.15) is 26.2 Å². The fraction of sp³-hybridized carbons (Fsp3) is 0.750. The van der Waals surface area contributed by atoms with Gasteiger partial charge in [-0.15, -0.1) is 0 Å². The van der Waals surface area contributed by atoms with Gasteiger partial charge in [0.15, 0.2) is 0 Å². The maximum atomic E-state index is 8.71. The Labute approximate surface area is 61.1 Å². The Hall–Kier alpha value is -1.02. The van der Waals surface area contributed by atoms with Gasteiger partial charge in [0.1, 0.15) is 5.41 Å². The van der Waals surface area contributed by atoms with Gasteiger partial charge in [-0.3, -0.25) is 0 Å². The molecule has 1 saturated carbocycles. The number of nitriles is 2. The lowest BCUT2D eigenvalue weighted by Crippen LogP contribution is -2.18. The standard InChI is InChI=1S/C8H10N2/c1-7-3-2-4-8(7,5-9)6-10/h7H,2-4H2,1H3. The van der Waals surface area contributed by atoms with Crippen LogP contribution in [0.25, 0.3) is 0 Å². The molecule has 0 heterocycles. The summed E-state index contributed by atoms with van der Waals surface area (Å²) < 4.78 is 0. The number of rotatable bonds is 0. The first-order chi connectivity index (χ1) is 4.75. The van der Waals surface area contributed by atoms with Crippen molar-refractivity contribution in [2.45, 2.75) is 26.2 Å². The molecular weight excluding hydrogens is 124 g/mol. The van der Waals surface area contributed by atoms with Gasteiger partial charge in [-0.05, 0) is 18.8 Å². The van der Waals surface area contributed by atoms with Crippen molar-refractivity contribution in [2.24, 2.45) is 11.3 Å². The molecule has 0 bridgehead atoms. The van der Waals surface area contributed by atoms with Crippen molar-refractivity contribution in [3.63, 3.8) is 0 Å². The minimum absolute atomic E-state index is 0.266. The van der Waals surface area contributed by atoms with E-state index in [-0.39, 0.29) is 5.92 Å². The first kappa shape index (κ1) is 7.09. The summed E-state index contributed by atoms with van der Waals surface area (Å²) in [7, 11) is 0.